The number of rotatable bonds is 5. The summed E-state index contributed by atoms with van der Waals surface area (Å²) in [6.07, 6.45) is 4.77. The lowest BCUT2D eigenvalue weighted by molar-refractivity contribution is -0.126. The van der Waals surface area contributed by atoms with Crippen LogP contribution in [0, 0.1) is 12.8 Å². The first-order valence-corrected chi connectivity index (χ1v) is 10.2. The fourth-order valence-corrected chi connectivity index (χ4v) is 3.75. The molecule has 3 aromatic rings. The van der Waals surface area contributed by atoms with E-state index in [1.807, 2.05) is 55.5 Å². The summed E-state index contributed by atoms with van der Waals surface area (Å²) in [6, 6.07) is 15.4. The Morgan fingerprint density at radius 1 is 1.10 bits per heavy atom. The molecule has 0 unspecified atom stereocenters. The van der Waals surface area contributed by atoms with Gasteiger partial charge in [0.2, 0.25) is 5.91 Å². The molecule has 154 valence electrons. The van der Waals surface area contributed by atoms with Gasteiger partial charge in [-0.25, -0.2) is 4.68 Å². The van der Waals surface area contributed by atoms with E-state index in [0.29, 0.717) is 38.2 Å². The second-order valence-electron chi connectivity index (χ2n) is 7.56. The van der Waals surface area contributed by atoms with Crippen LogP contribution in [0.5, 0.6) is 0 Å². The van der Waals surface area contributed by atoms with Gasteiger partial charge in [0.15, 0.2) is 5.69 Å². The Labute approximate surface area is 175 Å². The smallest absolute Gasteiger partial charge is 0.274 e. The Morgan fingerprint density at radius 3 is 2.57 bits per heavy atom. The van der Waals surface area contributed by atoms with E-state index < -0.39 is 0 Å². The maximum Gasteiger partial charge on any atom is 0.274 e. The SMILES string of the molecule is Cc1cc(C(=O)N2CCC(C(=O)NCc3cccnc3)CC2)nn1-c1ccccc1. The topological polar surface area (TPSA) is 80.1 Å². The lowest BCUT2D eigenvalue weighted by Crippen LogP contribution is -2.43. The molecule has 3 heterocycles. The number of aryl methyl sites for hydroxylation is 1. The highest BCUT2D eigenvalue weighted by Gasteiger charge is 2.29. The molecule has 1 aliphatic rings. The number of piperidine rings is 1. The van der Waals surface area contributed by atoms with E-state index >= 15 is 0 Å². The molecule has 2 amide bonds. The van der Waals surface area contributed by atoms with Crippen LogP contribution in [0.2, 0.25) is 0 Å². The van der Waals surface area contributed by atoms with Crippen molar-refractivity contribution in [2.45, 2.75) is 26.3 Å². The first kappa shape index (κ1) is 19.8. The van der Waals surface area contributed by atoms with Gasteiger partial charge < -0.3 is 10.2 Å². The lowest BCUT2D eigenvalue weighted by atomic mass is 9.95. The van der Waals surface area contributed by atoms with Crippen LogP contribution in [0.4, 0.5) is 0 Å². The summed E-state index contributed by atoms with van der Waals surface area (Å²) >= 11 is 0. The van der Waals surface area contributed by atoms with Crippen LogP contribution in [-0.2, 0) is 11.3 Å². The highest BCUT2D eigenvalue weighted by atomic mass is 16.2. The number of aromatic nitrogens is 3. The number of nitrogens with one attached hydrogen (secondary N) is 1. The molecule has 30 heavy (non-hydrogen) atoms. The number of hydrogen-bond acceptors (Lipinski definition) is 4. The van der Waals surface area contributed by atoms with Crippen molar-refractivity contribution in [2.75, 3.05) is 13.1 Å². The Kier molecular flexibility index (Phi) is 5.88. The Hall–Kier alpha value is -3.48. The number of hydrogen-bond donors (Lipinski definition) is 1. The molecular formula is C23H25N5O2. The van der Waals surface area contributed by atoms with Gasteiger partial charge in [-0.15, -0.1) is 0 Å². The van der Waals surface area contributed by atoms with Crippen LogP contribution in [0.15, 0.2) is 60.9 Å². The predicted molar refractivity (Wildman–Crippen MR) is 113 cm³/mol. The van der Waals surface area contributed by atoms with Gasteiger partial charge in [-0.05, 0) is 49.6 Å². The second kappa shape index (κ2) is 8.90. The largest absolute Gasteiger partial charge is 0.352 e. The third kappa shape index (κ3) is 4.40. The summed E-state index contributed by atoms with van der Waals surface area (Å²) in [5.74, 6) is -0.119. The number of amides is 2. The Bertz CT molecular complexity index is 1010. The molecule has 7 nitrogen and oxygen atoms in total. The van der Waals surface area contributed by atoms with Gasteiger partial charge in [-0.2, -0.15) is 5.10 Å². The molecular weight excluding hydrogens is 378 g/mol. The highest BCUT2D eigenvalue weighted by Crippen LogP contribution is 2.20. The minimum atomic E-state index is -0.0815. The molecule has 0 radical (unpaired) electrons. The van der Waals surface area contributed by atoms with E-state index in [4.69, 9.17) is 0 Å². The molecule has 1 N–H and O–H groups in total. The van der Waals surface area contributed by atoms with Gasteiger partial charge in [0, 0.05) is 43.6 Å². The Morgan fingerprint density at radius 2 is 1.87 bits per heavy atom. The van der Waals surface area contributed by atoms with Crippen LogP contribution in [0.1, 0.15) is 34.6 Å². The zero-order valence-electron chi connectivity index (χ0n) is 17.0. The van der Waals surface area contributed by atoms with Crippen LogP contribution in [-0.4, -0.2) is 44.6 Å². The molecule has 0 atom stereocenters. The van der Waals surface area contributed by atoms with E-state index in [1.54, 1.807) is 22.0 Å². The van der Waals surface area contributed by atoms with E-state index in [-0.39, 0.29) is 17.7 Å². The fourth-order valence-electron chi connectivity index (χ4n) is 3.75. The quantitative estimate of drug-likeness (QED) is 0.710. The fraction of sp³-hybridized carbons (Fsp3) is 0.304. The van der Waals surface area contributed by atoms with Crippen molar-refractivity contribution < 1.29 is 9.59 Å². The highest BCUT2D eigenvalue weighted by molar-refractivity contribution is 5.92. The molecule has 4 rings (SSSR count). The van der Waals surface area contributed by atoms with Crippen LogP contribution >= 0.6 is 0 Å². The van der Waals surface area contributed by atoms with Crippen molar-refractivity contribution in [2.24, 2.45) is 5.92 Å². The molecule has 1 aromatic carbocycles. The van der Waals surface area contributed by atoms with Crippen LogP contribution in [0.3, 0.4) is 0 Å². The zero-order chi connectivity index (χ0) is 20.9. The molecule has 1 saturated heterocycles. The van der Waals surface area contributed by atoms with E-state index in [1.165, 1.54) is 0 Å². The molecule has 0 bridgehead atoms. The summed E-state index contributed by atoms with van der Waals surface area (Å²) < 4.78 is 1.78. The number of carbonyl (C=O) groups is 2. The molecule has 7 heteroatoms. The van der Waals surface area contributed by atoms with Gasteiger partial charge in [0.05, 0.1) is 5.69 Å². The first-order valence-electron chi connectivity index (χ1n) is 10.2. The van der Waals surface area contributed by atoms with E-state index in [2.05, 4.69) is 15.4 Å². The summed E-state index contributed by atoms with van der Waals surface area (Å²) in [4.78, 5) is 31.2. The monoisotopic (exact) mass is 403 g/mol. The van der Waals surface area contributed by atoms with Crippen molar-refractivity contribution in [3.05, 3.63) is 77.9 Å². The number of likely N-dealkylation sites (tertiary alicyclic amines) is 1. The normalized spacial score (nSPS) is 14.5. The number of pyridine rings is 1. The molecule has 0 spiro atoms. The summed E-state index contributed by atoms with van der Waals surface area (Å²) in [5, 5.41) is 7.49. The molecule has 2 aromatic heterocycles. The van der Waals surface area contributed by atoms with Crippen molar-refractivity contribution >= 4 is 11.8 Å². The van der Waals surface area contributed by atoms with Crippen molar-refractivity contribution in [3.63, 3.8) is 0 Å². The van der Waals surface area contributed by atoms with Gasteiger partial charge in [-0.1, -0.05) is 24.3 Å². The average Bonchev–Trinajstić information content (AvgIpc) is 3.20. The summed E-state index contributed by atoms with van der Waals surface area (Å²) in [5.41, 5.74) is 3.26. The summed E-state index contributed by atoms with van der Waals surface area (Å²) in [7, 11) is 0. The number of para-hydroxylation sites is 1. The van der Waals surface area contributed by atoms with Crippen molar-refractivity contribution in [1.82, 2.24) is 25.0 Å². The van der Waals surface area contributed by atoms with Gasteiger partial charge in [-0.3, -0.25) is 14.6 Å². The molecule has 1 aliphatic heterocycles. The van der Waals surface area contributed by atoms with E-state index in [0.717, 1.165) is 16.9 Å². The zero-order valence-corrected chi connectivity index (χ0v) is 17.0. The third-order valence-corrected chi connectivity index (χ3v) is 5.45. The minimum Gasteiger partial charge on any atom is -0.352 e. The van der Waals surface area contributed by atoms with Crippen LogP contribution < -0.4 is 5.32 Å². The standard InChI is InChI=1S/C23H25N5O2/c1-17-14-21(26-28(17)20-7-3-2-4-8-20)23(30)27-12-9-19(10-13-27)22(29)25-16-18-6-5-11-24-15-18/h2-8,11,14-15,19H,9-10,12-13,16H2,1H3,(H,25,29). The first-order chi connectivity index (χ1) is 14.6. The van der Waals surface area contributed by atoms with Crippen molar-refractivity contribution in [1.29, 1.82) is 0 Å². The molecule has 0 saturated carbocycles. The van der Waals surface area contributed by atoms with Gasteiger partial charge in [0.1, 0.15) is 0 Å². The van der Waals surface area contributed by atoms with Crippen LogP contribution in [0.25, 0.3) is 5.69 Å². The average molecular weight is 403 g/mol. The maximum absolute atomic E-state index is 12.9. The second-order valence-corrected chi connectivity index (χ2v) is 7.56. The lowest BCUT2D eigenvalue weighted by Gasteiger charge is -2.30. The summed E-state index contributed by atoms with van der Waals surface area (Å²) in [6.45, 7) is 3.53. The number of carbonyl (C=O) groups excluding carboxylic acids is 2. The maximum atomic E-state index is 12.9. The molecule has 1 fully saturated rings. The van der Waals surface area contributed by atoms with Crippen molar-refractivity contribution in [3.8, 4) is 5.69 Å². The van der Waals surface area contributed by atoms with Gasteiger partial charge in [0.25, 0.3) is 5.91 Å². The van der Waals surface area contributed by atoms with E-state index in [9.17, 15) is 9.59 Å². The minimum absolute atomic E-state index is 0.0372. The number of nitrogens with zero attached hydrogens (tertiary/aromatic N) is 4. The molecule has 0 aliphatic carbocycles. The third-order valence-electron chi connectivity index (χ3n) is 5.45. The predicted octanol–water partition coefficient (Wildman–Crippen LogP) is 2.74. The number of benzene rings is 1. The Balaban J connectivity index is 1.33. The van der Waals surface area contributed by atoms with Gasteiger partial charge >= 0.3 is 0 Å².